The van der Waals surface area contributed by atoms with Crippen LogP contribution in [0.2, 0.25) is 0 Å². The van der Waals surface area contributed by atoms with Gasteiger partial charge in [0.2, 0.25) is 0 Å². The van der Waals surface area contributed by atoms with Crippen LogP contribution in [0.25, 0.3) is 0 Å². The number of aromatic amines is 1. The van der Waals surface area contributed by atoms with Gasteiger partial charge in [0.1, 0.15) is 6.17 Å². The van der Waals surface area contributed by atoms with E-state index in [1.165, 1.54) is 44.9 Å². The molecule has 1 aromatic rings. The lowest BCUT2D eigenvalue weighted by Crippen LogP contribution is -2.31. The Morgan fingerprint density at radius 1 is 1.17 bits per heavy atom. The highest BCUT2D eigenvalue weighted by Crippen LogP contribution is 2.51. The van der Waals surface area contributed by atoms with Crippen molar-refractivity contribution in [3.8, 4) is 0 Å². The second kappa shape index (κ2) is 5.02. The molecule has 18 heavy (non-hydrogen) atoms. The van der Waals surface area contributed by atoms with Crippen LogP contribution in [0.1, 0.15) is 69.7 Å². The summed E-state index contributed by atoms with van der Waals surface area (Å²) in [7, 11) is 0. The Hall–Kier alpha value is -0.860. The van der Waals surface area contributed by atoms with Crippen LogP contribution in [0.4, 0.5) is 4.39 Å². The van der Waals surface area contributed by atoms with Crippen LogP contribution in [0.5, 0.6) is 0 Å². The van der Waals surface area contributed by atoms with Gasteiger partial charge in [0.05, 0.1) is 18.2 Å². The zero-order valence-electron chi connectivity index (χ0n) is 11.0. The van der Waals surface area contributed by atoms with Crippen molar-refractivity contribution < 1.29 is 4.39 Å². The second-order valence-corrected chi connectivity index (χ2v) is 6.31. The summed E-state index contributed by atoms with van der Waals surface area (Å²) in [5, 5.41) is 0. The number of halogens is 1. The highest BCUT2D eigenvalue weighted by Gasteiger charge is 2.38. The van der Waals surface area contributed by atoms with Crippen molar-refractivity contribution in [3.63, 3.8) is 0 Å². The largest absolute Gasteiger partial charge is 0.346 e. The molecule has 1 aromatic heterocycles. The van der Waals surface area contributed by atoms with Crippen LogP contribution in [0.15, 0.2) is 12.5 Å². The van der Waals surface area contributed by atoms with Crippen molar-refractivity contribution in [2.75, 3.05) is 0 Å². The molecular formula is C15H23FN2. The summed E-state index contributed by atoms with van der Waals surface area (Å²) in [6.45, 7) is 0. The van der Waals surface area contributed by atoms with Crippen LogP contribution < -0.4 is 0 Å². The molecule has 2 aliphatic rings. The molecule has 0 radical (unpaired) electrons. The van der Waals surface area contributed by atoms with E-state index in [1.807, 2.05) is 0 Å². The Kier molecular flexibility index (Phi) is 3.40. The maximum absolute atomic E-state index is 14.3. The third kappa shape index (κ3) is 2.32. The van der Waals surface area contributed by atoms with Crippen molar-refractivity contribution in [1.82, 2.24) is 9.97 Å². The zero-order chi connectivity index (χ0) is 12.4. The van der Waals surface area contributed by atoms with Gasteiger partial charge in [0.25, 0.3) is 0 Å². The van der Waals surface area contributed by atoms with Gasteiger partial charge in [-0.3, -0.25) is 0 Å². The third-order valence-corrected chi connectivity index (χ3v) is 5.24. The predicted molar refractivity (Wildman–Crippen MR) is 69.9 cm³/mol. The SMILES string of the molecule is FC(c1cnc[nH]1)C1CCC2(CCCCC2)CC1. The maximum Gasteiger partial charge on any atom is 0.144 e. The molecule has 1 spiro atoms. The molecule has 1 heterocycles. The number of hydrogen-bond donors (Lipinski definition) is 1. The Morgan fingerprint density at radius 2 is 1.89 bits per heavy atom. The van der Waals surface area contributed by atoms with Gasteiger partial charge in [0.15, 0.2) is 0 Å². The van der Waals surface area contributed by atoms with Crippen LogP contribution in [0, 0.1) is 11.3 Å². The van der Waals surface area contributed by atoms with E-state index in [1.54, 1.807) is 12.5 Å². The average Bonchev–Trinajstić information content (AvgIpc) is 2.94. The van der Waals surface area contributed by atoms with Gasteiger partial charge in [-0.2, -0.15) is 0 Å². The molecule has 0 bridgehead atoms. The number of imidazole rings is 1. The van der Waals surface area contributed by atoms with Crippen LogP contribution in [-0.4, -0.2) is 9.97 Å². The van der Waals surface area contributed by atoms with Crippen molar-refractivity contribution in [3.05, 3.63) is 18.2 Å². The molecule has 0 aliphatic heterocycles. The highest BCUT2D eigenvalue weighted by atomic mass is 19.1. The molecular weight excluding hydrogens is 227 g/mol. The molecule has 2 aliphatic carbocycles. The molecule has 1 N–H and O–H groups in total. The van der Waals surface area contributed by atoms with E-state index in [-0.39, 0.29) is 5.92 Å². The van der Waals surface area contributed by atoms with E-state index in [0.717, 1.165) is 12.8 Å². The van der Waals surface area contributed by atoms with Gasteiger partial charge in [0, 0.05) is 0 Å². The Bertz CT molecular complexity index is 358. The number of hydrogen-bond acceptors (Lipinski definition) is 1. The summed E-state index contributed by atoms with van der Waals surface area (Å²) >= 11 is 0. The minimum Gasteiger partial charge on any atom is -0.346 e. The third-order valence-electron chi connectivity index (χ3n) is 5.24. The Morgan fingerprint density at radius 3 is 2.50 bits per heavy atom. The normalized spacial score (nSPS) is 26.3. The van der Waals surface area contributed by atoms with E-state index in [0.29, 0.717) is 11.1 Å². The summed E-state index contributed by atoms with van der Waals surface area (Å²) in [5.74, 6) is 0.206. The first-order valence-corrected chi connectivity index (χ1v) is 7.41. The average molecular weight is 250 g/mol. The quantitative estimate of drug-likeness (QED) is 0.819. The zero-order valence-corrected chi connectivity index (χ0v) is 11.0. The minimum absolute atomic E-state index is 0.206. The molecule has 3 heteroatoms. The molecule has 1 atom stereocenters. The Balaban J connectivity index is 1.59. The fourth-order valence-corrected chi connectivity index (χ4v) is 4.02. The minimum atomic E-state index is -0.839. The van der Waals surface area contributed by atoms with E-state index in [2.05, 4.69) is 9.97 Å². The number of H-pyrrole nitrogens is 1. The molecule has 100 valence electrons. The Labute approximate surface area is 108 Å². The molecule has 0 amide bonds. The topological polar surface area (TPSA) is 28.7 Å². The highest BCUT2D eigenvalue weighted by molar-refractivity contribution is 5.02. The van der Waals surface area contributed by atoms with E-state index >= 15 is 0 Å². The first-order valence-electron chi connectivity index (χ1n) is 7.41. The summed E-state index contributed by atoms with van der Waals surface area (Å²) < 4.78 is 14.3. The lowest BCUT2D eigenvalue weighted by molar-refractivity contribution is 0.0640. The number of aromatic nitrogens is 2. The number of nitrogens with zero attached hydrogens (tertiary/aromatic N) is 1. The maximum atomic E-state index is 14.3. The molecule has 2 nitrogen and oxygen atoms in total. The summed E-state index contributed by atoms with van der Waals surface area (Å²) in [6, 6.07) is 0. The summed E-state index contributed by atoms with van der Waals surface area (Å²) in [6.07, 6.45) is 13.9. The van der Waals surface area contributed by atoms with Gasteiger partial charge in [-0.15, -0.1) is 0 Å². The molecule has 3 rings (SSSR count). The van der Waals surface area contributed by atoms with Gasteiger partial charge >= 0.3 is 0 Å². The van der Waals surface area contributed by atoms with Gasteiger partial charge in [-0.1, -0.05) is 19.3 Å². The molecule has 0 saturated heterocycles. The number of alkyl halides is 1. The van der Waals surface area contributed by atoms with Crippen molar-refractivity contribution in [2.24, 2.45) is 11.3 Å². The van der Waals surface area contributed by atoms with E-state index in [4.69, 9.17) is 0 Å². The van der Waals surface area contributed by atoms with Gasteiger partial charge in [-0.05, 0) is 49.9 Å². The van der Waals surface area contributed by atoms with Crippen molar-refractivity contribution in [1.29, 1.82) is 0 Å². The fourth-order valence-electron chi connectivity index (χ4n) is 4.02. The molecule has 2 saturated carbocycles. The van der Waals surface area contributed by atoms with Gasteiger partial charge in [-0.25, -0.2) is 9.37 Å². The smallest absolute Gasteiger partial charge is 0.144 e. The first kappa shape index (κ1) is 12.2. The standard InChI is InChI=1S/C15H23FN2/c16-14(13-10-17-11-18-13)12-4-8-15(9-5-12)6-2-1-3-7-15/h10-12,14H,1-9H2,(H,17,18). The lowest BCUT2D eigenvalue weighted by Gasteiger charge is -2.43. The molecule has 2 fully saturated rings. The second-order valence-electron chi connectivity index (χ2n) is 6.31. The fraction of sp³-hybridized carbons (Fsp3) is 0.800. The van der Waals surface area contributed by atoms with Crippen LogP contribution in [-0.2, 0) is 0 Å². The first-order chi connectivity index (χ1) is 8.79. The van der Waals surface area contributed by atoms with E-state index < -0.39 is 6.17 Å². The van der Waals surface area contributed by atoms with E-state index in [9.17, 15) is 4.39 Å². The van der Waals surface area contributed by atoms with Crippen molar-refractivity contribution >= 4 is 0 Å². The number of nitrogens with one attached hydrogen (secondary N) is 1. The summed E-state index contributed by atoms with van der Waals surface area (Å²) in [4.78, 5) is 6.85. The predicted octanol–water partition coefficient (Wildman–Crippen LogP) is 4.56. The van der Waals surface area contributed by atoms with Crippen molar-refractivity contribution in [2.45, 2.75) is 64.0 Å². The van der Waals surface area contributed by atoms with Gasteiger partial charge < -0.3 is 4.98 Å². The lowest BCUT2D eigenvalue weighted by atomic mass is 9.62. The molecule has 1 unspecified atom stereocenters. The molecule has 0 aromatic carbocycles. The monoisotopic (exact) mass is 250 g/mol. The van der Waals surface area contributed by atoms with Crippen LogP contribution in [0.3, 0.4) is 0 Å². The summed E-state index contributed by atoms with van der Waals surface area (Å²) in [5.41, 5.74) is 1.25. The van der Waals surface area contributed by atoms with Crippen LogP contribution >= 0.6 is 0 Å². The number of rotatable bonds is 2.